The number of aryl methyl sites for hydroxylation is 1. The summed E-state index contributed by atoms with van der Waals surface area (Å²) < 4.78 is 4.92. The number of hydrogen-bond acceptors (Lipinski definition) is 3. The van der Waals surface area contributed by atoms with Crippen LogP contribution in [0.5, 0.6) is 0 Å². The third-order valence-electron chi connectivity index (χ3n) is 2.75. The lowest BCUT2D eigenvalue weighted by Gasteiger charge is -2.07. The average molecular weight is 218 g/mol. The van der Waals surface area contributed by atoms with Crippen LogP contribution in [0.2, 0.25) is 0 Å². The Hall–Kier alpha value is -1.64. The van der Waals surface area contributed by atoms with Crippen molar-refractivity contribution in [3.63, 3.8) is 0 Å². The molecule has 0 radical (unpaired) electrons. The highest BCUT2D eigenvalue weighted by molar-refractivity contribution is 5.88. The van der Waals surface area contributed by atoms with Gasteiger partial charge in [0.1, 0.15) is 0 Å². The number of carbonyl (C=O) groups excluding carboxylic acids is 2. The fourth-order valence-corrected chi connectivity index (χ4v) is 1.83. The molecule has 3 nitrogen and oxygen atoms in total. The third-order valence-corrected chi connectivity index (χ3v) is 2.75. The predicted octanol–water partition coefficient (Wildman–Crippen LogP) is 1.89. The minimum absolute atomic E-state index is 0.0368. The molecule has 1 aliphatic rings. The summed E-state index contributed by atoms with van der Waals surface area (Å²) in [6.07, 6.45) is 1.60. The van der Waals surface area contributed by atoms with E-state index in [1.807, 2.05) is 30.3 Å². The number of benzene rings is 1. The van der Waals surface area contributed by atoms with Gasteiger partial charge in [-0.05, 0) is 12.0 Å². The molecule has 1 aromatic rings. The monoisotopic (exact) mass is 218 g/mol. The lowest BCUT2D eigenvalue weighted by Crippen LogP contribution is -2.20. The summed E-state index contributed by atoms with van der Waals surface area (Å²) >= 11 is 0. The summed E-state index contributed by atoms with van der Waals surface area (Å²) in [5, 5.41) is 0. The largest absolute Gasteiger partial charge is 0.454 e. The van der Waals surface area contributed by atoms with Gasteiger partial charge in [-0.2, -0.15) is 0 Å². The molecule has 2 rings (SSSR count). The molecule has 1 fully saturated rings. The first-order chi connectivity index (χ1) is 7.75. The average Bonchev–Trinajstić information content (AvgIpc) is 2.74. The molecule has 1 aromatic carbocycles. The highest BCUT2D eigenvalue weighted by atomic mass is 16.6. The molecule has 84 valence electrons. The van der Waals surface area contributed by atoms with Gasteiger partial charge in [0.05, 0.1) is 0 Å². The van der Waals surface area contributed by atoms with Gasteiger partial charge in [0, 0.05) is 19.3 Å². The zero-order valence-electron chi connectivity index (χ0n) is 9.02. The van der Waals surface area contributed by atoms with Crippen molar-refractivity contribution < 1.29 is 14.3 Å². The first kappa shape index (κ1) is 10.9. The Morgan fingerprint density at radius 3 is 2.69 bits per heavy atom. The highest BCUT2D eigenvalue weighted by Crippen LogP contribution is 2.16. The Morgan fingerprint density at radius 1 is 1.31 bits per heavy atom. The first-order valence-corrected chi connectivity index (χ1v) is 5.52. The molecule has 0 saturated carbocycles. The van der Waals surface area contributed by atoms with Gasteiger partial charge in [-0.1, -0.05) is 30.3 Å². The molecule has 0 aromatic heterocycles. The van der Waals surface area contributed by atoms with E-state index in [0.717, 1.165) is 5.56 Å². The summed E-state index contributed by atoms with van der Waals surface area (Å²) in [6, 6.07) is 9.84. The van der Waals surface area contributed by atoms with E-state index in [1.165, 1.54) is 0 Å². The van der Waals surface area contributed by atoms with E-state index in [4.69, 9.17) is 4.74 Å². The van der Waals surface area contributed by atoms with Crippen molar-refractivity contribution in [2.24, 2.45) is 0 Å². The molecule has 16 heavy (non-hydrogen) atoms. The van der Waals surface area contributed by atoms with Crippen molar-refractivity contribution in [1.29, 1.82) is 0 Å². The molecule has 0 amide bonds. The number of rotatable bonds is 4. The van der Waals surface area contributed by atoms with Gasteiger partial charge in [-0.3, -0.25) is 9.59 Å². The maximum Gasteiger partial charge on any atom is 0.306 e. The van der Waals surface area contributed by atoms with Crippen LogP contribution in [0.3, 0.4) is 0 Å². The van der Waals surface area contributed by atoms with Crippen LogP contribution in [0.1, 0.15) is 24.8 Å². The van der Waals surface area contributed by atoms with Gasteiger partial charge in [-0.25, -0.2) is 0 Å². The molecular weight excluding hydrogens is 204 g/mol. The maximum absolute atomic E-state index is 11.7. The lowest BCUT2D eigenvalue weighted by molar-refractivity contribution is -0.147. The predicted molar refractivity (Wildman–Crippen MR) is 58.9 cm³/mol. The van der Waals surface area contributed by atoms with Crippen molar-refractivity contribution in [2.75, 3.05) is 0 Å². The standard InChI is InChI=1S/C13H14O3/c14-11(12-8-9-13(15)16-12)7-6-10-4-2-1-3-5-10/h1-5,12H,6-9H2/t12-/m0/s1. The van der Waals surface area contributed by atoms with Crippen LogP contribution in [-0.4, -0.2) is 17.9 Å². The number of ether oxygens (including phenoxy) is 1. The van der Waals surface area contributed by atoms with Crippen molar-refractivity contribution in [3.05, 3.63) is 35.9 Å². The fourth-order valence-electron chi connectivity index (χ4n) is 1.83. The minimum atomic E-state index is -0.490. The van der Waals surface area contributed by atoms with Crippen LogP contribution in [-0.2, 0) is 20.7 Å². The molecular formula is C13H14O3. The van der Waals surface area contributed by atoms with Crippen molar-refractivity contribution >= 4 is 11.8 Å². The summed E-state index contributed by atoms with van der Waals surface area (Å²) in [5.41, 5.74) is 1.14. The Balaban J connectivity index is 1.82. The second-order valence-electron chi connectivity index (χ2n) is 3.97. The molecule has 0 aliphatic carbocycles. The normalized spacial score (nSPS) is 19.5. The summed E-state index contributed by atoms with van der Waals surface area (Å²) in [7, 11) is 0. The maximum atomic E-state index is 11.7. The third kappa shape index (κ3) is 2.69. The smallest absolute Gasteiger partial charge is 0.306 e. The quantitative estimate of drug-likeness (QED) is 0.725. The van der Waals surface area contributed by atoms with Gasteiger partial charge in [0.25, 0.3) is 0 Å². The van der Waals surface area contributed by atoms with Gasteiger partial charge < -0.3 is 4.74 Å². The number of esters is 1. The fraction of sp³-hybridized carbons (Fsp3) is 0.385. The van der Waals surface area contributed by atoms with Crippen LogP contribution < -0.4 is 0 Å². The Kier molecular flexibility index (Phi) is 3.34. The van der Waals surface area contributed by atoms with Crippen LogP contribution in [0.4, 0.5) is 0 Å². The van der Waals surface area contributed by atoms with Crippen molar-refractivity contribution in [2.45, 2.75) is 31.8 Å². The molecule has 1 heterocycles. The summed E-state index contributed by atoms with van der Waals surface area (Å²) in [5.74, 6) is -0.215. The number of Topliss-reactive ketones (excluding diaryl/α,β-unsaturated/α-hetero) is 1. The molecule has 0 bridgehead atoms. The zero-order valence-corrected chi connectivity index (χ0v) is 9.02. The molecule has 0 N–H and O–H groups in total. The summed E-state index contributed by atoms with van der Waals surface area (Å²) in [6.45, 7) is 0. The van der Waals surface area contributed by atoms with E-state index < -0.39 is 6.10 Å². The van der Waals surface area contributed by atoms with Crippen LogP contribution >= 0.6 is 0 Å². The molecule has 3 heteroatoms. The molecule has 0 unspecified atom stereocenters. The van der Waals surface area contributed by atoms with Crippen LogP contribution in [0.25, 0.3) is 0 Å². The minimum Gasteiger partial charge on any atom is -0.454 e. The highest BCUT2D eigenvalue weighted by Gasteiger charge is 2.28. The SMILES string of the molecule is O=C1CC[C@@H](C(=O)CCc2ccccc2)O1. The van der Waals surface area contributed by atoms with Crippen molar-refractivity contribution in [3.8, 4) is 0 Å². The number of ketones is 1. The van der Waals surface area contributed by atoms with E-state index in [1.54, 1.807) is 0 Å². The van der Waals surface area contributed by atoms with E-state index in [9.17, 15) is 9.59 Å². The topological polar surface area (TPSA) is 43.4 Å². The second kappa shape index (κ2) is 4.92. The summed E-state index contributed by atoms with van der Waals surface area (Å²) in [4.78, 5) is 22.5. The van der Waals surface area contributed by atoms with E-state index >= 15 is 0 Å². The zero-order chi connectivity index (χ0) is 11.4. The van der Waals surface area contributed by atoms with Crippen molar-refractivity contribution in [1.82, 2.24) is 0 Å². The van der Waals surface area contributed by atoms with E-state index in [0.29, 0.717) is 25.7 Å². The Bertz CT molecular complexity index is 383. The molecule has 0 spiro atoms. The van der Waals surface area contributed by atoms with Gasteiger partial charge >= 0.3 is 5.97 Å². The number of cyclic esters (lactones) is 1. The van der Waals surface area contributed by atoms with Crippen LogP contribution in [0.15, 0.2) is 30.3 Å². The Morgan fingerprint density at radius 2 is 2.06 bits per heavy atom. The van der Waals surface area contributed by atoms with Crippen LogP contribution in [0, 0.1) is 0 Å². The lowest BCUT2D eigenvalue weighted by atomic mass is 10.0. The van der Waals surface area contributed by atoms with E-state index in [-0.39, 0.29) is 11.8 Å². The molecule has 1 saturated heterocycles. The second-order valence-corrected chi connectivity index (χ2v) is 3.97. The van der Waals surface area contributed by atoms with Gasteiger partial charge in [-0.15, -0.1) is 0 Å². The van der Waals surface area contributed by atoms with E-state index in [2.05, 4.69) is 0 Å². The number of hydrogen-bond donors (Lipinski definition) is 0. The van der Waals surface area contributed by atoms with Gasteiger partial charge in [0.2, 0.25) is 0 Å². The number of carbonyl (C=O) groups is 2. The Labute approximate surface area is 94.4 Å². The molecule has 1 aliphatic heterocycles. The van der Waals surface area contributed by atoms with Gasteiger partial charge in [0.15, 0.2) is 11.9 Å². The first-order valence-electron chi connectivity index (χ1n) is 5.52. The molecule has 1 atom stereocenters.